The first-order valence-electron chi connectivity index (χ1n) is 6.91. The van der Waals surface area contributed by atoms with Crippen LogP contribution in [0.5, 0.6) is 0 Å². The van der Waals surface area contributed by atoms with Crippen molar-refractivity contribution in [2.45, 2.75) is 4.84 Å². The summed E-state index contributed by atoms with van der Waals surface area (Å²) in [5, 5.41) is 6.15. The van der Waals surface area contributed by atoms with Crippen LogP contribution >= 0.6 is 23.2 Å². The Morgan fingerprint density at radius 3 is 2.56 bits per heavy atom. The van der Waals surface area contributed by atoms with E-state index in [1.807, 2.05) is 0 Å². The number of nitrogens with zero attached hydrogens (tertiary/aromatic N) is 2. The monoisotopic (exact) mass is 383 g/mol. The summed E-state index contributed by atoms with van der Waals surface area (Å²) < 4.78 is 32.8. The number of hydrogen-bond acceptors (Lipinski definition) is 4. The Hall–Kier alpha value is -2.51. The van der Waals surface area contributed by atoms with Crippen LogP contribution in [0.2, 0.25) is 0 Å². The molecule has 1 N–H and O–H groups in total. The molecule has 0 unspecified atom stereocenters. The molecule has 0 saturated heterocycles. The molecule has 128 valence electrons. The second-order valence-electron chi connectivity index (χ2n) is 4.93. The summed E-state index contributed by atoms with van der Waals surface area (Å²) in [7, 11) is 0. The van der Waals surface area contributed by atoms with E-state index in [4.69, 9.17) is 27.7 Å². The fraction of sp³-hybridized carbons (Fsp3) is 0.0625. The number of benzene rings is 1. The normalized spacial score (nSPS) is 10.9. The molecule has 0 aliphatic rings. The van der Waals surface area contributed by atoms with Crippen LogP contribution in [-0.4, -0.2) is 20.9 Å². The number of aromatic nitrogens is 2. The maximum absolute atomic E-state index is 13.8. The quantitative estimate of drug-likeness (QED) is 0.676. The summed E-state index contributed by atoms with van der Waals surface area (Å²) in [5.41, 5.74) is 0.474. The Kier molecular flexibility index (Phi) is 4.96. The van der Waals surface area contributed by atoms with Crippen molar-refractivity contribution < 1.29 is 18.1 Å². The van der Waals surface area contributed by atoms with E-state index < -0.39 is 22.4 Å². The van der Waals surface area contributed by atoms with Crippen molar-refractivity contribution in [3.05, 3.63) is 54.4 Å². The molecule has 3 rings (SSSR count). The van der Waals surface area contributed by atoms with Crippen molar-refractivity contribution in [1.29, 1.82) is 0 Å². The molecule has 2 aromatic heterocycles. The Morgan fingerprint density at radius 1 is 1.16 bits per heavy atom. The molecule has 9 heteroatoms. The van der Waals surface area contributed by atoms with Gasteiger partial charge in [0.15, 0.2) is 10.6 Å². The number of pyridine rings is 1. The number of rotatable bonds is 4. The van der Waals surface area contributed by atoms with Crippen molar-refractivity contribution >= 4 is 34.8 Å². The van der Waals surface area contributed by atoms with Gasteiger partial charge in [-0.05, 0) is 18.2 Å². The Bertz CT molecular complexity index is 911. The lowest BCUT2D eigenvalue weighted by Crippen LogP contribution is -2.18. The van der Waals surface area contributed by atoms with E-state index >= 15 is 0 Å². The van der Waals surface area contributed by atoms with Gasteiger partial charge in [0, 0.05) is 17.8 Å². The summed E-state index contributed by atoms with van der Waals surface area (Å²) in [6, 6.07) is 6.41. The Balaban J connectivity index is 1.92. The van der Waals surface area contributed by atoms with Crippen LogP contribution < -0.4 is 5.32 Å². The molecule has 3 aromatic rings. The predicted molar refractivity (Wildman–Crippen MR) is 89.2 cm³/mol. The van der Waals surface area contributed by atoms with Gasteiger partial charge in [-0.15, -0.1) is 0 Å². The van der Waals surface area contributed by atoms with Crippen LogP contribution in [0, 0.1) is 11.6 Å². The van der Waals surface area contributed by atoms with Gasteiger partial charge in [-0.3, -0.25) is 9.78 Å². The lowest BCUT2D eigenvalue weighted by molar-refractivity contribution is -0.114. The van der Waals surface area contributed by atoms with Crippen LogP contribution in [0.15, 0.2) is 47.2 Å². The van der Waals surface area contributed by atoms with E-state index in [0.717, 1.165) is 12.1 Å². The molecule has 0 saturated carbocycles. The SMILES string of the molecule is O=C(Nc1cncc(-c2cc(-c3c(F)cccc3F)no2)c1)C(Cl)Cl. The fourth-order valence-corrected chi connectivity index (χ4v) is 2.22. The summed E-state index contributed by atoms with van der Waals surface area (Å²) >= 11 is 10.9. The number of anilines is 1. The first-order valence-corrected chi connectivity index (χ1v) is 7.78. The molecule has 5 nitrogen and oxygen atoms in total. The highest BCUT2D eigenvalue weighted by Gasteiger charge is 2.17. The average molecular weight is 384 g/mol. The van der Waals surface area contributed by atoms with Gasteiger partial charge in [0.1, 0.15) is 17.3 Å². The van der Waals surface area contributed by atoms with Crippen LogP contribution in [0.4, 0.5) is 14.5 Å². The predicted octanol–water partition coefficient (Wildman–Crippen LogP) is 4.42. The number of amides is 1. The minimum atomic E-state index is -1.23. The third kappa shape index (κ3) is 3.78. The van der Waals surface area contributed by atoms with E-state index in [2.05, 4.69) is 15.5 Å². The first kappa shape index (κ1) is 17.3. The summed E-state index contributed by atoms with van der Waals surface area (Å²) in [6.07, 6.45) is 2.82. The third-order valence-corrected chi connectivity index (χ3v) is 3.61. The molecule has 0 atom stereocenters. The zero-order valence-electron chi connectivity index (χ0n) is 12.3. The number of nitrogens with one attached hydrogen (secondary N) is 1. The molecule has 0 radical (unpaired) electrons. The van der Waals surface area contributed by atoms with Gasteiger partial charge < -0.3 is 9.84 Å². The summed E-state index contributed by atoms with van der Waals surface area (Å²) in [6.45, 7) is 0. The van der Waals surface area contributed by atoms with Crippen molar-refractivity contribution in [2.75, 3.05) is 5.32 Å². The lowest BCUT2D eigenvalue weighted by Gasteiger charge is -2.05. The highest BCUT2D eigenvalue weighted by Crippen LogP contribution is 2.30. The lowest BCUT2D eigenvalue weighted by atomic mass is 10.1. The van der Waals surface area contributed by atoms with Gasteiger partial charge in [-0.1, -0.05) is 34.4 Å². The highest BCUT2D eigenvalue weighted by atomic mass is 35.5. The largest absolute Gasteiger partial charge is 0.356 e. The van der Waals surface area contributed by atoms with Crippen LogP contribution in [0.3, 0.4) is 0 Å². The molecule has 25 heavy (non-hydrogen) atoms. The molecule has 0 spiro atoms. The number of hydrogen-bond donors (Lipinski definition) is 1. The van der Waals surface area contributed by atoms with Crippen molar-refractivity contribution in [3.63, 3.8) is 0 Å². The molecule has 0 aliphatic carbocycles. The molecule has 2 heterocycles. The molecule has 1 aromatic carbocycles. The summed E-state index contributed by atoms with van der Waals surface area (Å²) in [5.74, 6) is -1.91. The van der Waals surface area contributed by atoms with Gasteiger partial charge >= 0.3 is 0 Å². The second kappa shape index (κ2) is 7.16. The second-order valence-corrected chi connectivity index (χ2v) is 6.02. The van der Waals surface area contributed by atoms with Gasteiger partial charge in [0.25, 0.3) is 5.91 Å². The van der Waals surface area contributed by atoms with Crippen molar-refractivity contribution in [3.8, 4) is 22.6 Å². The zero-order chi connectivity index (χ0) is 18.0. The standard InChI is InChI=1S/C16H9Cl2F2N3O2/c17-15(18)16(24)22-9-4-8(6-21-7-9)13-5-12(23-25-13)14-10(19)2-1-3-11(14)20/h1-7,15H,(H,22,24). The van der Waals surface area contributed by atoms with Gasteiger partial charge in [-0.25, -0.2) is 8.78 Å². The van der Waals surface area contributed by atoms with E-state index in [1.54, 1.807) is 0 Å². The minimum Gasteiger partial charge on any atom is -0.356 e. The van der Waals surface area contributed by atoms with Gasteiger partial charge in [0.2, 0.25) is 0 Å². The maximum atomic E-state index is 13.8. The van der Waals surface area contributed by atoms with Crippen LogP contribution in [-0.2, 0) is 4.79 Å². The molecular formula is C16H9Cl2F2N3O2. The fourth-order valence-electron chi connectivity index (χ4n) is 2.11. The van der Waals surface area contributed by atoms with E-state index in [9.17, 15) is 13.6 Å². The molecule has 0 aliphatic heterocycles. The van der Waals surface area contributed by atoms with Crippen molar-refractivity contribution in [1.82, 2.24) is 10.1 Å². The number of carbonyl (C=O) groups excluding carboxylic acids is 1. The smallest absolute Gasteiger partial charge is 0.257 e. The number of halogens is 4. The van der Waals surface area contributed by atoms with Gasteiger partial charge in [0.05, 0.1) is 17.4 Å². The van der Waals surface area contributed by atoms with Crippen LogP contribution in [0.1, 0.15) is 0 Å². The third-order valence-electron chi connectivity index (χ3n) is 3.22. The molecule has 0 bridgehead atoms. The topological polar surface area (TPSA) is 68.0 Å². The number of carbonyl (C=O) groups is 1. The Labute approximate surface area is 150 Å². The minimum absolute atomic E-state index is 0.00150. The molecule has 0 fully saturated rings. The van der Waals surface area contributed by atoms with Crippen LogP contribution in [0.25, 0.3) is 22.6 Å². The van der Waals surface area contributed by atoms with E-state index in [1.165, 1.54) is 30.6 Å². The maximum Gasteiger partial charge on any atom is 0.257 e. The van der Waals surface area contributed by atoms with Gasteiger partial charge in [-0.2, -0.15) is 0 Å². The van der Waals surface area contributed by atoms with E-state index in [-0.39, 0.29) is 17.0 Å². The first-order chi connectivity index (χ1) is 12.0. The zero-order valence-corrected chi connectivity index (χ0v) is 13.9. The highest BCUT2D eigenvalue weighted by molar-refractivity contribution is 6.54. The number of alkyl halides is 2. The van der Waals surface area contributed by atoms with Crippen molar-refractivity contribution in [2.24, 2.45) is 0 Å². The summed E-state index contributed by atoms with van der Waals surface area (Å²) in [4.78, 5) is 14.2. The Morgan fingerprint density at radius 2 is 1.88 bits per heavy atom. The average Bonchev–Trinajstić information content (AvgIpc) is 3.04. The molecular weight excluding hydrogens is 375 g/mol. The molecule has 1 amide bonds. The van der Waals surface area contributed by atoms with E-state index in [0.29, 0.717) is 11.3 Å².